The first-order chi connectivity index (χ1) is 9.49. The molecule has 1 unspecified atom stereocenters. The van der Waals surface area contributed by atoms with Crippen LogP contribution in [-0.4, -0.2) is 26.8 Å². The molecular formula is C14H22N2O3S. The summed E-state index contributed by atoms with van der Waals surface area (Å²) in [4.78, 5) is 28.9. The van der Waals surface area contributed by atoms with Gasteiger partial charge in [-0.25, -0.2) is 9.59 Å². The lowest BCUT2D eigenvalue weighted by Crippen LogP contribution is -2.18. The largest absolute Gasteiger partial charge is 0.478 e. The Balaban J connectivity index is 2.86. The van der Waals surface area contributed by atoms with Crippen LogP contribution in [0.15, 0.2) is 9.82 Å². The van der Waals surface area contributed by atoms with E-state index in [2.05, 4.69) is 23.8 Å². The Kier molecular flexibility index (Phi) is 6.78. The SMILES string of the molecule is CCCCC(CC)CSc1nc(=O)[nH]c(C)c1C(=O)O. The van der Waals surface area contributed by atoms with Crippen LogP contribution in [-0.2, 0) is 0 Å². The van der Waals surface area contributed by atoms with Crippen molar-refractivity contribution >= 4 is 17.7 Å². The van der Waals surface area contributed by atoms with Gasteiger partial charge in [0.15, 0.2) is 0 Å². The highest BCUT2D eigenvalue weighted by Crippen LogP contribution is 2.26. The van der Waals surface area contributed by atoms with Crippen molar-refractivity contribution < 1.29 is 9.90 Å². The Morgan fingerprint density at radius 3 is 2.70 bits per heavy atom. The van der Waals surface area contributed by atoms with E-state index in [1.165, 1.54) is 18.2 Å². The smallest absolute Gasteiger partial charge is 0.346 e. The number of unbranched alkanes of at least 4 members (excludes halogenated alkanes) is 1. The van der Waals surface area contributed by atoms with E-state index in [1.54, 1.807) is 6.92 Å². The highest BCUT2D eigenvalue weighted by Gasteiger charge is 2.18. The number of thioether (sulfide) groups is 1. The molecule has 1 heterocycles. The minimum absolute atomic E-state index is 0.111. The second-order valence-electron chi connectivity index (χ2n) is 4.88. The van der Waals surface area contributed by atoms with Crippen LogP contribution in [0.25, 0.3) is 0 Å². The zero-order chi connectivity index (χ0) is 15.1. The van der Waals surface area contributed by atoms with Gasteiger partial charge >= 0.3 is 11.7 Å². The van der Waals surface area contributed by atoms with Gasteiger partial charge in [0.1, 0.15) is 10.6 Å². The average molecular weight is 298 g/mol. The van der Waals surface area contributed by atoms with Gasteiger partial charge in [0.05, 0.1) is 0 Å². The summed E-state index contributed by atoms with van der Waals surface area (Å²) in [6.45, 7) is 5.88. The zero-order valence-electron chi connectivity index (χ0n) is 12.2. The third kappa shape index (κ3) is 4.67. The van der Waals surface area contributed by atoms with Gasteiger partial charge in [0.25, 0.3) is 0 Å². The summed E-state index contributed by atoms with van der Waals surface area (Å²) in [6, 6.07) is 0. The van der Waals surface area contributed by atoms with E-state index in [1.807, 2.05) is 0 Å². The molecule has 0 amide bonds. The number of carboxylic acid groups (broad SMARTS) is 1. The first-order valence-corrected chi connectivity index (χ1v) is 7.95. The van der Waals surface area contributed by atoms with Gasteiger partial charge in [-0.3, -0.25) is 0 Å². The molecule has 0 aliphatic heterocycles. The van der Waals surface area contributed by atoms with Crippen LogP contribution in [0.4, 0.5) is 0 Å². The molecule has 1 atom stereocenters. The third-order valence-electron chi connectivity index (χ3n) is 3.30. The summed E-state index contributed by atoms with van der Waals surface area (Å²) < 4.78 is 0. The quantitative estimate of drug-likeness (QED) is 0.569. The van der Waals surface area contributed by atoms with E-state index in [4.69, 9.17) is 0 Å². The first kappa shape index (κ1) is 16.8. The number of rotatable bonds is 8. The van der Waals surface area contributed by atoms with Crippen molar-refractivity contribution in [2.24, 2.45) is 5.92 Å². The highest BCUT2D eigenvalue weighted by molar-refractivity contribution is 7.99. The molecule has 0 aromatic carbocycles. The van der Waals surface area contributed by atoms with Crippen LogP contribution in [0, 0.1) is 12.8 Å². The normalized spacial score (nSPS) is 12.3. The summed E-state index contributed by atoms with van der Waals surface area (Å²) in [5.74, 6) is 0.283. The number of nitrogens with one attached hydrogen (secondary N) is 1. The molecule has 6 heteroatoms. The highest BCUT2D eigenvalue weighted by atomic mass is 32.2. The van der Waals surface area contributed by atoms with Crippen LogP contribution in [0.1, 0.15) is 55.6 Å². The molecule has 1 rings (SSSR count). The van der Waals surface area contributed by atoms with E-state index in [-0.39, 0.29) is 5.56 Å². The van der Waals surface area contributed by atoms with Gasteiger partial charge in [-0.2, -0.15) is 4.98 Å². The molecule has 20 heavy (non-hydrogen) atoms. The van der Waals surface area contributed by atoms with Crippen molar-refractivity contribution in [2.45, 2.75) is 51.5 Å². The maximum Gasteiger partial charge on any atom is 0.346 e. The van der Waals surface area contributed by atoms with Gasteiger partial charge < -0.3 is 10.1 Å². The molecule has 0 aliphatic carbocycles. The number of H-pyrrole nitrogens is 1. The Hall–Kier alpha value is -1.30. The van der Waals surface area contributed by atoms with Gasteiger partial charge in [-0.1, -0.05) is 33.1 Å². The topological polar surface area (TPSA) is 83.0 Å². The van der Waals surface area contributed by atoms with Crippen LogP contribution in [0.2, 0.25) is 0 Å². The summed E-state index contributed by atoms with van der Waals surface area (Å²) in [5, 5.41) is 9.55. The van der Waals surface area contributed by atoms with Crippen LogP contribution in [0.5, 0.6) is 0 Å². The Bertz CT molecular complexity index is 514. The zero-order valence-corrected chi connectivity index (χ0v) is 13.0. The number of hydrogen-bond acceptors (Lipinski definition) is 4. The predicted octanol–water partition coefficient (Wildman–Crippen LogP) is 3.09. The molecule has 0 fully saturated rings. The van der Waals surface area contributed by atoms with E-state index in [0.29, 0.717) is 16.6 Å². The second-order valence-corrected chi connectivity index (χ2v) is 5.89. The molecule has 5 nitrogen and oxygen atoms in total. The number of hydrogen-bond donors (Lipinski definition) is 2. The Labute approximate surface area is 123 Å². The fraction of sp³-hybridized carbons (Fsp3) is 0.643. The minimum Gasteiger partial charge on any atom is -0.478 e. The Morgan fingerprint density at radius 1 is 1.45 bits per heavy atom. The van der Waals surface area contributed by atoms with E-state index in [9.17, 15) is 14.7 Å². The van der Waals surface area contributed by atoms with E-state index >= 15 is 0 Å². The lowest BCUT2D eigenvalue weighted by molar-refractivity contribution is 0.0690. The maximum atomic E-state index is 11.4. The van der Waals surface area contributed by atoms with Crippen molar-refractivity contribution in [1.29, 1.82) is 0 Å². The van der Waals surface area contributed by atoms with Gasteiger partial charge in [0.2, 0.25) is 0 Å². The molecule has 0 radical (unpaired) electrons. The van der Waals surface area contributed by atoms with Crippen molar-refractivity contribution in [3.05, 3.63) is 21.7 Å². The van der Waals surface area contributed by atoms with Crippen LogP contribution >= 0.6 is 11.8 Å². The molecule has 1 aromatic rings. The van der Waals surface area contributed by atoms with Crippen LogP contribution in [0.3, 0.4) is 0 Å². The number of aryl methyl sites for hydroxylation is 1. The fourth-order valence-electron chi connectivity index (χ4n) is 2.01. The van der Waals surface area contributed by atoms with Crippen molar-refractivity contribution in [1.82, 2.24) is 9.97 Å². The molecule has 0 bridgehead atoms. The molecule has 0 spiro atoms. The number of nitrogens with zero attached hydrogens (tertiary/aromatic N) is 1. The molecular weight excluding hydrogens is 276 g/mol. The first-order valence-electron chi connectivity index (χ1n) is 6.96. The van der Waals surface area contributed by atoms with Gasteiger partial charge in [-0.05, 0) is 19.3 Å². The average Bonchev–Trinajstić information content (AvgIpc) is 2.37. The van der Waals surface area contributed by atoms with Gasteiger partial charge in [0, 0.05) is 11.4 Å². The maximum absolute atomic E-state index is 11.4. The summed E-state index contributed by atoms with van der Waals surface area (Å²) >= 11 is 1.37. The van der Waals surface area contributed by atoms with Crippen molar-refractivity contribution in [3.8, 4) is 0 Å². The standard InChI is InChI=1S/C14H22N2O3S/c1-4-6-7-10(5-2)8-20-12-11(13(17)18)9(3)15-14(19)16-12/h10H,4-8H2,1-3H3,(H,17,18)(H,15,16,19). The second kappa shape index (κ2) is 8.09. The number of carboxylic acids is 1. The van der Waals surface area contributed by atoms with E-state index < -0.39 is 11.7 Å². The number of aromatic carboxylic acids is 1. The predicted molar refractivity (Wildman–Crippen MR) is 80.6 cm³/mol. The summed E-state index contributed by atoms with van der Waals surface area (Å²) in [6.07, 6.45) is 4.51. The van der Waals surface area contributed by atoms with Crippen LogP contribution < -0.4 is 5.69 Å². The minimum atomic E-state index is -1.05. The number of carbonyl (C=O) groups is 1. The molecule has 112 valence electrons. The molecule has 0 saturated carbocycles. The molecule has 1 aromatic heterocycles. The summed E-state index contributed by atoms with van der Waals surface area (Å²) in [5.41, 5.74) is -0.0156. The monoisotopic (exact) mass is 298 g/mol. The molecule has 0 aliphatic rings. The lowest BCUT2D eigenvalue weighted by atomic mass is 10.0. The van der Waals surface area contributed by atoms with E-state index in [0.717, 1.165) is 25.0 Å². The number of aromatic amines is 1. The lowest BCUT2D eigenvalue weighted by Gasteiger charge is -2.14. The molecule has 2 N–H and O–H groups in total. The number of aromatic nitrogens is 2. The Morgan fingerprint density at radius 2 is 2.15 bits per heavy atom. The third-order valence-corrected chi connectivity index (χ3v) is 4.51. The van der Waals surface area contributed by atoms with Gasteiger partial charge in [-0.15, -0.1) is 11.8 Å². The molecule has 0 saturated heterocycles. The van der Waals surface area contributed by atoms with Crippen molar-refractivity contribution in [2.75, 3.05) is 5.75 Å². The fourth-order valence-corrected chi connectivity index (χ4v) is 3.34. The van der Waals surface area contributed by atoms with Crippen molar-refractivity contribution in [3.63, 3.8) is 0 Å². The summed E-state index contributed by atoms with van der Waals surface area (Å²) in [7, 11) is 0.